The number of benzene rings is 1. The maximum Gasteiger partial charge on any atom is 0.250 e. The number of nitriles is 1. The molecule has 1 fully saturated rings. The predicted octanol–water partition coefficient (Wildman–Crippen LogP) is 3.88. The number of hydrogen-bond acceptors (Lipinski definition) is 6. The van der Waals surface area contributed by atoms with Crippen LogP contribution in [0.15, 0.2) is 30.0 Å². The van der Waals surface area contributed by atoms with Crippen molar-refractivity contribution in [3.8, 4) is 16.5 Å². The van der Waals surface area contributed by atoms with E-state index in [1.807, 2.05) is 18.3 Å². The second kappa shape index (κ2) is 8.96. The summed E-state index contributed by atoms with van der Waals surface area (Å²) in [5, 5.41) is 10.5. The Balaban J connectivity index is 1.70. The number of rotatable bonds is 7. The average molecular weight is 425 g/mol. The molecule has 30 heavy (non-hydrogen) atoms. The number of primary amides is 1. The Labute approximate surface area is 179 Å². The van der Waals surface area contributed by atoms with Crippen molar-refractivity contribution in [1.82, 2.24) is 9.55 Å². The van der Waals surface area contributed by atoms with Crippen LogP contribution in [0.1, 0.15) is 47.6 Å². The van der Waals surface area contributed by atoms with Gasteiger partial charge in [-0.25, -0.2) is 0 Å². The molecule has 2 heterocycles. The molecule has 7 nitrogen and oxygen atoms in total. The molecule has 0 unspecified atom stereocenters. The smallest absolute Gasteiger partial charge is 0.250 e. The fraction of sp³-hybridized carbons (Fsp3) is 0.409. The second-order valence-corrected chi connectivity index (χ2v) is 8.39. The molecule has 0 saturated heterocycles. The molecule has 0 radical (unpaired) electrons. The normalized spacial score (nSPS) is 19.1. The van der Waals surface area contributed by atoms with E-state index in [9.17, 15) is 10.1 Å². The minimum Gasteiger partial charge on any atom is -0.382 e. The highest BCUT2D eigenvalue weighted by molar-refractivity contribution is 7.13. The lowest BCUT2D eigenvalue weighted by Gasteiger charge is -2.30. The van der Waals surface area contributed by atoms with Crippen LogP contribution in [0.3, 0.4) is 0 Å². The number of nitrogens with zero attached hydrogens (tertiary/aromatic N) is 3. The van der Waals surface area contributed by atoms with Crippen LogP contribution >= 0.6 is 11.3 Å². The Hall–Kier alpha value is -2.73. The molecule has 1 aliphatic carbocycles. The van der Waals surface area contributed by atoms with E-state index in [1.165, 1.54) is 11.3 Å². The lowest BCUT2D eigenvalue weighted by Crippen LogP contribution is -2.25. The first-order valence-electron chi connectivity index (χ1n) is 10.00. The zero-order valence-electron chi connectivity index (χ0n) is 16.8. The van der Waals surface area contributed by atoms with Crippen molar-refractivity contribution in [3.05, 3.63) is 41.2 Å². The Bertz CT molecular complexity index is 1080. The van der Waals surface area contributed by atoms with E-state index in [2.05, 4.69) is 15.6 Å². The summed E-state index contributed by atoms with van der Waals surface area (Å²) in [6.07, 6.45) is 7.54. The fourth-order valence-corrected chi connectivity index (χ4v) is 4.86. The summed E-state index contributed by atoms with van der Waals surface area (Å²) >= 11 is 1.49. The maximum absolute atomic E-state index is 12.4. The first-order valence-corrected chi connectivity index (χ1v) is 10.9. The molecule has 2 N–H and O–H groups in total. The highest BCUT2D eigenvalue weighted by Crippen LogP contribution is 2.38. The number of carbonyl (C=O) groups excluding carboxylic acids is 1. The van der Waals surface area contributed by atoms with E-state index in [-0.39, 0.29) is 12.1 Å². The van der Waals surface area contributed by atoms with Crippen molar-refractivity contribution in [2.45, 2.75) is 37.8 Å². The summed E-state index contributed by atoms with van der Waals surface area (Å²) < 4.78 is 13.0. The van der Waals surface area contributed by atoms with Gasteiger partial charge in [-0.05, 0) is 43.4 Å². The van der Waals surface area contributed by atoms with Gasteiger partial charge in [0, 0.05) is 30.9 Å². The van der Waals surface area contributed by atoms with Crippen molar-refractivity contribution in [3.63, 3.8) is 0 Å². The zero-order chi connectivity index (χ0) is 21.1. The third-order valence-electron chi connectivity index (χ3n) is 5.71. The van der Waals surface area contributed by atoms with Crippen LogP contribution in [0.5, 0.6) is 0 Å². The van der Waals surface area contributed by atoms with Gasteiger partial charge in [0.05, 0.1) is 46.3 Å². The van der Waals surface area contributed by atoms with Crippen LogP contribution in [0.25, 0.3) is 21.3 Å². The standard InChI is InChI=1S/C22H24N4O3S/c1-28-6-7-29-17-4-2-16(3-5-17)26-12-15(10-23)18-8-14(20-11-25-13-30-20)9-19(21(18)26)22(24)27/h8-9,11-13,16-17H,2-7H2,1H3,(H2,24,27). The van der Waals surface area contributed by atoms with Gasteiger partial charge >= 0.3 is 0 Å². The van der Waals surface area contributed by atoms with Gasteiger partial charge in [0.2, 0.25) is 0 Å². The van der Waals surface area contributed by atoms with Gasteiger partial charge in [0.1, 0.15) is 6.07 Å². The van der Waals surface area contributed by atoms with Crippen LogP contribution in [0, 0.1) is 11.3 Å². The number of fused-ring (bicyclic) bond motifs is 1. The SMILES string of the molecule is COCCOC1CCC(n2cc(C#N)c3cc(-c4cncs4)cc(C(N)=O)c32)CC1. The van der Waals surface area contributed by atoms with E-state index in [1.54, 1.807) is 18.8 Å². The predicted molar refractivity (Wildman–Crippen MR) is 115 cm³/mol. The summed E-state index contributed by atoms with van der Waals surface area (Å²) in [4.78, 5) is 17.4. The number of ether oxygens (including phenoxy) is 2. The number of methoxy groups -OCH3 is 1. The fourth-order valence-electron chi connectivity index (χ4n) is 4.24. The topological polar surface area (TPSA) is 103 Å². The summed E-state index contributed by atoms with van der Waals surface area (Å²) in [5.41, 5.74) is 10.1. The molecule has 0 bridgehead atoms. The first kappa shape index (κ1) is 20.5. The van der Waals surface area contributed by atoms with Gasteiger partial charge in [-0.3, -0.25) is 9.78 Å². The Morgan fingerprint density at radius 2 is 2.13 bits per heavy atom. The highest BCUT2D eigenvalue weighted by atomic mass is 32.1. The molecule has 1 aliphatic rings. The molecule has 156 valence electrons. The van der Waals surface area contributed by atoms with Crippen molar-refractivity contribution in [2.24, 2.45) is 5.73 Å². The molecule has 0 atom stereocenters. The number of hydrogen-bond donors (Lipinski definition) is 1. The van der Waals surface area contributed by atoms with Crippen LogP contribution in [-0.4, -0.2) is 41.9 Å². The minimum atomic E-state index is -0.494. The van der Waals surface area contributed by atoms with Gasteiger partial charge in [-0.1, -0.05) is 0 Å². The highest BCUT2D eigenvalue weighted by Gasteiger charge is 2.26. The van der Waals surface area contributed by atoms with Crippen LogP contribution in [0.4, 0.5) is 0 Å². The molecular weight excluding hydrogens is 400 g/mol. The van der Waals surface area contributed by atoms with E-state index in [4.69, 9.17) is 15.2 Å². The minimum absolute atomic E-state index is 0.198. The second-order valence-electron chi connectivity index (χ2n) is 7.51. The maximum atomic E-state index is 12.4. The van der Waals surface area contributed by atoms with Gasteiger partial charge in [0.25, 0.3) is 5.91 Å². The van der Waals surface area contributed by atoms with E-state index in [0.717, 1.165) is 47.0 Å². The number of carbonyl (C=O) groups is 1. The van der Waals surface area contributed by atoms with Crippen LogP contribution in [0.2, 0.25) is 0 Å². The van der Waals surface area contributed by atoms with Gasteiger partial charge in [-0.2, -0.15) is 5.26 Å². The van der Waals surface area contributed by atoms with Gasteiger partial charge in [-0.15, -0.1) is 11.3 Å². The molecule has 0 aliphatic heterocycles. The summed E-state index contributed by atoms with van der Waals surface area (Å²) in [6, 6.07) is 6.26. The Morgan fingerprint density at radius 3 is 2.77 bits per heavy atom. The average Bonchev–Trinajstić information content (AvgIpc) is 3.42. The number of amides is 1. The number of nitrogens with two attached hydrogens (primary N) is 1. The van der Waals surface area contributed by atoms with Crippen LogP contribution in [-0.2, 0) is 9.47 Å². The zero-order valence-corrected chi connectivity index (χ0v) is 17.7. The molecule has 1 amide bonds. The monoisotopic (exact) mass is 424 g/mol. The molecule has 1 aromatic carbocycles. The summed E-state index contributed by atoms with van der Waals surface area (Å²) in [7, 11) is 1.67. The molecule has 0 spiro atoms. The molecular formula is C22H24N4O3S. The lowest BCUT2D eigenvalue weighted by molar-refractivity contribution is -0.00620. The lowest BCUT2D eigenvalue weighted by atomic mass is 9.92. The number of thiazole rings is 1. The molecule has 4 rings (SSSR count). The van der Waals surface area contributed by atoms with E-state index in [0.29, 0.717) is 24.3 Å². The molecule has 3 aromatic rings. The van der Waals surface area contributed by atoms with E-state index >= 15 is 0 Å². The first-order chi connectivity index (χ1) is 14.6. The number of aromatic nitrogens is 2. The third kappa shape index (κ3) is 3.97. The molecule has 8 heteroatoms. The van der Waals surface area contributed by atoms with Gasteiger partial charge < -0.3 is 19.8 Å². The van der Waals surface area contributed by atoms with Crippen molar-refractivity contribution >= 4 is 28.1 Å². The summed E-state index contributed by atoms with van der Waals surface area (Å²) in [6.45, 7) is 1.20. The van der Waals surface area contributed by atoms with Crippen molar-refractivity contribution in [2.75, 3.05) is 20.3 Å². The molecule has 1 saturated carbocycles. The summed E-state index contributed by atoms with van der Waals surface area (Å²) in [5.74, 6) is -0.494. The van der Waals surface area contributed by atoms with E-state index < -0.39 is 5.91 Å². The van der Waals surface area contributed by atoms with Gasteiger partial charge in [0.15, 0.2) is 0 Å². The Kier molecular flexibility index (Phi) is 6.13. The van der Waals surface area contributed by atoms with Crippen molar-refractivity contribution in [1.29, 1.82) is 5.26 Å². The van der Waals surface area contributed by atoms with Crippen LogP contribution < -0.4 is 5.73 Å². The van der Waals surface area contributed by atoms with Crippen molar-refractivity contribution < 1.29 is 14.3 Å². The molecule has 2 aromatic heterocycles. The quantitative estimate of drug-likeness (QED) is 0.580. The third-order valence-corrected chi connectivity index (χ3v) is 6.53. The largest absolute Gasteiger partial charge is 0.382 e. The Morgan fingerprint density at radius 1 is 1.33 bits per heavy atom.